The van der Waals surface area contributed by atoms with E-state index in [0.29, 0.717) is 11.1 Å². The minimum atomic E-state index is -4.65. The Labute approximate surface area is 120 Å². The maximum absolute atomic E-state index is 12.4. The van der Waals surface area contributed by atoms with Crippen molar-refractivity contribution in [1.82, 2.24) is 4.98 Å². The molecule has 0 bridgehead atoms. The van der Waals surface area contributed by atoms with Crippen LogP contribution in [0.25, 0.3) is 22.2 Å². The minimum absolute atomic E-state index is 0.0850. The van der Waals surface area contributed by atoms with Crippen molar-refractivity contribution in [1.29, 1.82) is 0 Å². The summed E-state index contributed by atoms with van der Waals surface area (Å²) in [6.45, 7) is 0. The first kappa shape index (κ1) is 13.5. The third-order valence-electron chi connectivity index (χ3n) is 3.19. The summed E-state index contributed by atoms with van der Waals surface area (Å²) in [4.78, 5) is 14.7. The van der Waals surface area contributed by atoms with Gasteiger partial charge in [-0.25, -0.2) is 0 Å². The third kappa shape index (κ3) is 2.35. The van der Waals surface area contributed by atoms with E-state index >= 15 is 0 Å². The summed E-state index contributed by atoms with van der Waals surface area (Å²) in [5, 5.41) is 0.213. The summed E-state index contributed by atoms with van der Waals surface area (Å²) in [6.07, 6.45) is 0. The van der Waals surface area contributed by atoms with E-state index in [1.807, 2.05) is 0 Å². The second-order valence-corrected chi connectivity index (χ2v) is 5.90. The molecule has 0 aliphatic carbocycles. The first-order valence-corrected chi connectivity index (χ1v) is 7.60. The minimum Gasteiger partial charge on any atom is -0.353 e. The van der Waals surface area contributed by atoms with Crippen molar-refractivity contribution < 1.29 is 13.0 Å². The van der Waals surface area contributed by atoms with E-state index in [1.54, 1.807) is 48.5 Å². The normalized spacial score (nSPS) is 11.7. The van der Waals surface area contributed by atoms with Gasteiger partial charge in [0.15, 0.2) is 4.90 Å². The molecule has 0 radical (unpaired) electrons. The van der Waals surface area contributed by atoms with Crippen LogP contribution in [0.5, 0.6) is 0 Å². The average Bonchev–Trinajstić information content (AvgIpc) is 2.46. The summed E-state index contributed by atoms with van der Waals surface area (Å²) in [6, 6.07) is 15.1. The van der Waals surface area contributed by atoms with Crippen molar-refractivity contribution >= 4 is 21.0 Å². The SMILES string of the molecule is O=c1c(S(=O)(=O)O)c(-c2ccccc2)[nH]c2ccccc12. The summed E-state index contributed by atoms with van der Waals surface area (Å²) in [5.41, 5.74) is 0.384. The van der Waals surface area contributed by atoms with Gasteiger partial charge in [-0.3, -0.25) is 9.35 Å². The van der Waals surface area contributed by atoms with Crippen LogP contribution in [0.3, 0.4) is 0 Å². The van der Waals surface area contributed by atoms with Gasteiger partial charge >= 0.3 is 10.1 Å². The number of para-hydroxylation sites is 1. The molecule has 3 aromatic rings. The largest absolute Gasteiger partial charge is 0.353 e. The molecule has 3 rings (SSSR count). The van der Waals surface area contributed by atoms with Gasteiger partial charge in [-0.1, -0.05) is 42.5 Å². The Bertz CT molecular complexity index is 975. The summed E-state index contributed by atoms with van der Waals surface area (Å²) in [7, 11) is -4.65. The van der Waals surface area contributed by atoms with Crippen molar-refractivity contribution in [2.75, 3.05) is 0 Å². The van der Waals surface area contributed by atoms with Crippen LogP contribution in [0, 0.1) is 0 Å². The lowest BCUT2D eigenvalue weighted by Crippen LogP contribution is -2.17. The van der Waals surface area contributed by atoms with Gasteiger partial charge < -0.3 is 4.98 Å². The van der Waals surface area contributed by atoms with Gasteiger partial charge in [0, 0.05) is 10.9 Å². The fourth-order valence-electron chi connectivity index (χ4n) is 2.27. The lowest BCUT2D eigenvalue weighted by atomic mass is 10.1. The topological polar surface area (TPSA) is 87.2 Å². The molecule has 6 heteroatoms. The van der Waals surface area contributed by atoms with Crippen LogP contribution in [0.1, 0.15) is 0 Å². The van der Waals surface area contributed by atoms with Gasteiger partial charge in [-0.05, 0) is 17.7 Å². The molecule has 5 nitrogen and oxygen atoms in total. The molecular weight excluding hydrogens is 290 g/mol. The highest BCUT2D eigenvalue weighted by atomic mass is 32.2. The predicted octanol–water partition coefficient (Wildman–Crippen LogP) is 2.44. The maximum atomic E-state index is 12.4. The molecule has 2 aromatic carbocycles. The molecule has 0 atom stereocenters. The molecule has 0 aliphatic rings. The van der Waals surface area contributed by atoms with Gasteiger partial charge in [-0.2, -0.15) is 8.42 Å². The Morgan fingerprint density at radius 3 is 2.19 bits per heavy atom. The molecular formula is C15H11NO4S. The fraction of sp³-hybridized carbons (Fsp3) is 0. The van der Waals surface area contributed by atoms with Crippen LogP contribution in [0.15, 0.2) is 64.3 Å². The van der Waals surface area contributed by atoms with Crippen LogP contribution >= 0.6 is 0 Å². The first-order chi connectivity index (χ1) is 9.98. The highest BCUT2D eigenvalue weighted by molar-refractivity contribution is 7.86. The molecule has 0 saturated heterocycles. The van der Waals surface area contributed by atoms with Crippen molar-refractivity contribution in [3.8, 4) is 11.3 Å². The zero-order valence-electron chi connectivity index (χ0n) is 10.8. The van der Waals surface area contributed by atoms with Crippen LogP contribution in [-0.2, 0) is 10.1 Å². The van der Waals surface area contributed by atoms with E-state index in [2.05, 4.69) is 4.98 Å². The molecule has 0 aliphatic heterocycles. The standard InChI is InChI=1S/C15H11NO4S/c17-14-11-8-4-5-9-12(11)16-13(15(14)21(18,19)20)10-6-2-1-3-7-10/h1-9H,(H,16,17)(H,18,19,20). The second kappa shape index (κ2) is 4.83. The number of nitrogens with one attached hydrogen (secondary N) is 1. The van der Waals surface area contributed by atoms with Gasteiger partial charge in [0.05, 0.1) is 5.69 Å². The first-order valence-electron chi connectivity index (χ1n) is 6.16. The number of rotatable bonds is 2. The lowest BCUT2D eigenvalue weighted by molar-refractivity contribution is 0.482. The molecule has 1 aromatic heterocycles. The molecule has 0 unspecified atom stereocenters. The number of hydrogen-bond acceptors (Lipinski definition) is 3. The number of pyridine rings is 1. The molecule has 0 spiro atoms. The Morgan fingerprint density at radius 2 is 1.52 bits per heavy atom. The maximum Gasteiger partial charge on any atom is 0.300 e. The Kier molecular flexibility index (Phi) is 3.12. The molecule has 0 saturated carbocycles. The van der Waals surface area contributed by atoms with E-state index in [4.69, 9.17) is 0 Å². The molecule has 1 heterocycles. The number of hydrogen-bond donors (Lipinski definition) is 2. The number of benzene rings is 2. The predicted molar refractivity (Wildman–Crippen MR) is 79.8 cm³/mol. The van der Waals surface area contributed by atoms with Crippen molar-refractivity contribution in [2.24, 2.45) is 0 Å². The van der Waals surface area contributed by atoms with E-state index in [9.17, 15) is 17.8 Å². The van der Waals surface area contributed by atoms with Crippen molar-refractivity contribution in [3.63, 3.8) is 0 Å². The fourth-order valence-corrected chi connectivity index (χ4v) is 3.04. The van der Waals surface area contributed by atoms with E-state index in [-0.39, 0.29) is 11.1 Å². The Hall–Kier alpha value is -2.44. The summed E-state index contributed by atoms with van der Waals surface area (Å²) < 4.78 is 32.7. The number of fused-ring (bicyclic) bond motifs is 1. The zero-order chi connectivity index (χ0) is 15.0. The molecule has 0 fully saturated rings. The smallest absolute Gasteiger partial charge is 0.300 e. The molecule has 2 N–H and O–H groups in total. The summed E-state index contributed by atoms with van der Waals surface area (Å²) in [5.74, 6) is 0. The summed E-state index contributed by atoms with van der Waals surface area (Å²) >= 11 is 0. The Morgan fingerprint density at radius 1 is 0.905 bits per heavy atom. The van der Waals surface area contributed by atoms with Gasteiger partial charge in [0.2, 0.25) is 5.43 Å². The second-order valence-electron chi connectivity index (χ2n) is 4.54. The van der Waals surface area contributed by atoms with Crippen LogP contribution < -0.4 is 5.43 Å². The van der Waals surface area contributed by atoms with Crippen LogP contribution in [0.2, 0.25) is 0 Å². The van der Waals surface area contributed by atoms with Crippen molar-refractivity contribution in [2.45, 2.75) is 4.90 Å². The molecule has 21 heavy (non-hydrogen) atoms. The van der Waals surface area contributed by atoms with E-state index in [1.165, 1.54) is 6.07 Å². The van der Waals surface area contributed by atoms with Gasteiger partial charge in [0.1, 0.15) is 0 Å². The third-order valence-corrected chi connectivity index (χ3v) is 4.09. The quantitative estimate of drug-likeness (QED) is 0.712. The van der Waals surface area contributed by atoms with Crippen LogP contribution in [-0.4, -0.2) is 18.0 Å². The van der Waals surface area contributed by atoms with Crippen LogP contribution in [0.4, 0.5) is 0 Å². The van der Waals surface area contributed by atoms with Gasteiger partial charge in [0.25, 0.3) is 0 Å². The Balaban J connectivity index is 2.52. The zero-order valence-corrected chi connectivity index (χ0v) is 11.6. The average molecular weight is 301 g/mol. The number of H-pyrrole nitrogens is 1. The van der Waals surface area contributed by atoms with Gasteiger partial charge in [-0.15, -0.1) is 0 Å². The van der Waals surface area contributed by atoms with Crippen molar-refractivity contribution in [3.05, 3.63) is 64.8 Å². The van der Waals surface area contributed by atoms with E-state index in [0.717, 1.165) is 0 Å². The number of aromatic nitrogens is 1. The lowest BCUT2D eigenvalue weighted by Gasteiger charge is -2.09. The number of aromatic amines is 1. The molecule has 106 valence electrons. The van der Waals surface area contributed by atoms with E-state index < -0.39 is 20.4 Å². The highest BCUT2D eigenvalue weighted by Crippen LogP contribution is 2.25. The molecule has 0 amide bonds. The monoisotopic (exact) mass is 301 g/mol. The highest BCUT2D eigenvalue weighted by Gasteiger charge is 2.23.